The van der Waals surface area contributed by atoms with Crippen molar-refractivity contribution in [3.8, 4) is 0 Å². The lowest BCUT2D eigenvalue weighted by atomic mass is 10.1. The maximum absolute atomic E-state index is 4.63. The van der Waals surface area contributed by atoms with E-state index in [-0.39, 0.29) is 0 Å². The third-order valence-electron chi connectivity index (χ3n) is 4.13. The van der Waals surface area contributed by atoms with Gasteiger partial charge in [0.25, 0.3) is 0 Å². The summed E-state index contributed by atoms with van der Waals surface area (Å²) in [6.45, 7) is 11.1. The summed E-state index contributed by atoms with van der Waals surface area (Å²) in [5, 5.41) is 6.68. The van der Waals surface area contributed by atoms with Gasteiger partial charge in [0, 0.05) is 32.1 Å². The zero-order chi connectivity index (χ0) is 15.2. The summed E-state index contributed by atoms with van der Waals surface area (Å²) in [5.41, 5.74) is 1.10. The Balaban J connectivity index is 1.95. The number of hydrogen-bond acceptors (Lipinski definition) is 5. The monoisotopic (exact) mass is 291 g/mol. The summed E-state index contributed by atoms with van der Waals surface area (Å²) in [6.07, 6.45) is 3.57. The molecule has 0 aromatic carbocycles. The molecule has 0 aliphatic carbocycles. The van der Waals surface area contributed by atoms with Crippen molar-refractivity contribution in [2.24, 2.45) is 5.92 Å². The zero-order valence-electron chi connectivity index (χ0n) is 13.9. The second-order valence-electron chi connectivity index (χ2n) is 6.06. The molecule has 0 amide bonds. The summed E-state index contributed by atoms with van der Waals surface area (Å²) in [6, 6.07) is 0. The predicted molar refractivity (Wildman–Crippen MR) is 89.0 cm³/mol. The van der Waals surface area contributed by atoms with Gasteiger partial charge >= 0.3 is 0 Å². The maximum atomic E-state index is 4.63. The highest BCUT2D eigenvalue weighted by atomic mass is 15.1. The Labute approximate surface area is 128 Å². The minimum atomic E-state index is 0.626. The van der Waals surface area contributed by atoms with E-state index in [1.54, 1.807) is 0 Å². The van der Waals surface area contributed by atoms with Gasteiger partial charge in [0.15, 0.2) is 0 Å². The summed E-state index contributed by atoms with van der Waals surface area (Å²) in [7, 11) is 1.91. The van der Waals surface area contributed by atoms with Crippen molar-refractivity contribution in [3.05, 3.63) is 11.4 Å². The lowest BCUT2D eigenvalue weighted by molar-refractivity contribution is 0.294. The summed E-state index contributed by atoms with van der Waals surface area (Å²) < 4.78 is 0. The predicted octanol–water partition coefficient (Wildman–Crippen LogP) is 2.53. The van der Waals surface area contributed by atoms with Gasteiger partial charge in [0.05, 0.1) is 0 Å². The van der Waals surface area contributed by atoms with E-state index in [1.807, 2.05) is 7.05 Å². The van der Waals surface area contributed by atoms with E-state index in [2.05, 4.69) is 46.3 Å². The molecule has 2 heterocycles. The van der Waals surface area contributed by atoms with Crippen LogP contribution >= 0.6 is 0 Å². The van der Waals surface area contributed by atoms with Crippen molar-refractivity contribution in [2.45, 2.75) is 40.0 Å². The number of likely N-dealkylation sites (tertiary alicyclic amines) is 1. The van der Waals surface area contributed by atoms with Gasteiger partial charge < -0.3 is 15.5 Å². The Morgan fingerprint density at radius 1 is 1.19 bits per heavy atom. The van der Waals surface area contributed by atoms with E-state index < -0.39 is 0 Å². The second-order valence-corrected chi connectivity index (χ2v) is 6.06. The van der Waals surface area contributed by atoms with E-state index in [1.165, 1.54) is 32.5 Å². The van der Waals surface area contributed by atoms with Crippen molar-refractivity contribution in [3.63, 3.8) is 0 Å². The second kappa shape index (κ2) is 7.59. The van der Waals surface area contributed by atoms with E-state index in [0.717, 1.165) is 36.0 Å². The largest absolute Gasteiger partial charge is 0.373 e. The van der Waals surface area contributed by atoms with Crippen LogP contribution in [0.25, 0.3) is 0 Å². The lowest BCUT2D eigenvalue weighted by Gasteiger charge is -2.21. The number of hydrogen-bond donors (Lipinski definition) is 2. The van der Waals surface area contributed by atoms with Crippen molar-refractivity contribution >= 4 is 11.6 Å². The average Bonchev–Trinajstić information content (AvgIpc) is 2.99. The molecule has 1 fully saturated rings. The topological polar surface area (TPSA) is 53.1 Å². The first-order chi connectivity index (χ1) is 10.1. The SMILES string of the molecule is CCc1nc(NC)c(C)c(NCC(C)CN2CCCC2)n1. The summed E-state index contributed by atoms with van der Waals surface area (Å²) in [5.74, 6) is 3.41. The Morgan fingerprint density at radius 3 is 2.48 bits per heavy atom. The first kappa shape index (κ1) is 16.0. The number of aryl methyl sites for hydroxylation is 1. The van der Waals surface area contributed by atoms with Crippen LogP contribution in [0.15, 0.2) is 0 Å². The van der Waals surface area contributed by atoms with Crippen LogP contribution in [0.4, 0.5) is 11.6 Å². The first-order valence-corrected chi connectivity index (χ1v) is 8.15. The Morgan fingerprint density at radius 2 is 1.86 bits per heavy atom. The molecule has 1 saturated heterocycles. The summed E-state index contributed by atoms with van der Waals surface area (Å²) >= 11 is 0. The van der Waals surface area contributed by atoms with E-state index >= 15 is 0 Å². The van der Waals surface area contributed by atoms with Crippen LogP contribution in [0.2, 0.25) is 0 Å². The Hall–Kier alpha value is -1.36. The molecule has 5 heteroatoms. The fraction of sp³-hybridized carbons (Fsp3) is 0.750. The van der Waals surface area contributed by atoms with Crippen LogP contribution in [0.1, 0.15) is 38.1 Å². The molecular weight excluding hydrogens is 262 g/mol. The first-order valence-electron chi connectivity index (χ1n) is 8.15. The van der Waals surface area contributed by atoms with Gasteiger partial charge in [-0.3, -0.25) is 0 Å². The lowest BCUT2D eigenvalue weighted by Crippen LogP contribution is -2.29. The number of rotatable bonds is 7. The number of anilines is 2. The van der Waals surface area contributed by atoms with Crippen molar-refractivity contribution in [2.75, 3.05) is 43.9 Å². The van der Waals surface area contributed by atoms with Gasteiger partial charge in [-0.05, 0) is 38.8 Å². The molecule has 1 unspecified atom stereocenters. The molecule has 1 atom stereocenters. The van der Waals surface area contributed by atoms with Gasteiger partial charge in [-0.2, -0.15) is 0 Å². The molecule has 1 aliphatic rings. The van der Waals surface area contributed by atoms with Crippen LogP contribution in [0.3, 0.4) is 0 Å². The van der Waals surface area contributed by atoms with Gasteiger partial charge in [0.1, 0.15) is 17.5 Å². The molecule has 2 N–H and O–H groups in total. The highest BCUT2D eigenvalue weighted by molar-refractivity contribution is 5.57. The standard InChI is InChI=1S/C16H29N5/c1-5-14-19-15(17-4)13(3)16(20-14)18-10-12(2)11-21-8-6-7-9-21/h12H,5-11H2,1-4H3,(H2,17,18,19,20). The molecule has 1 aromatic heterocycles. The average molecular weight is 291 g/mol. The van der Waals surface area contributed by atoms with Gasteiger partial charge in [-0.15, -0.1) is 0 Å². The van der Waals surface area contributed by atoms with Crippen LogP contribution in [-0.4, -0.2) is 48.1 Å². The third-order valence-corrected chi connectivity index (χ3v) is 4.13. The number of nitrogens with zero attached hydrogens (tertiary/aromatic N) is 3. The molecule has 0 saturated carbocycles. The van der Waals surface area contributed by atoms with Crippen LogP contribution in [-0.2, 0) is 6.42 Å². The van der Waals surface area contributed by atoms with E-state index in [0.29, 0.717) is 5.92 Å². The minimum Gasteiger partial charge on any atom is -0.373 e. The van der Waals surface area contributed by atoms with Gasteiger partial charge in [-0.1, -0.05) is 13.8 Å². The van der Waals surface area contributed by atoms with Crippen LogP contribution < -0.4 is 10.6 Å². The van der Waals surface area contributed by atoms with Crippen molar-refractivity contribution in [1.82, 2.24) is 14.9 Å². The van der Waals surface area contributed by atoms with Crippen molar-refractivity contribution < 1.29 is 0 Å². The molecule has 0 spiro atoms. The van der Waals surface area contributed by atoms with Crippen molar-refractivity contribution in [1.29, 1.82) is 0 Å². The minimum absolute atomic E-state index is 0.626. The number of nitrogens with one attached hydrogen (secondary N) is 2. The molecule has 0 bridgehead atoms. The Bertz CT molecular complexity index is 454. The van der Waals surface area contributed by atoms with Crippen LogP contribution in [0, 0.1) is 12.8 Å². The Kier molecular flexibility index (Phi) is 5.79. The quantitative estimate of drug-likeness (QED) is 0.808. The molecule has 1 aliphatic heterocycles. The highest BCUT2D eigenvalue weighted by Crippen LogP contribution is 2.20. The molecule has 0 radical (unpaired) electrons. The zero-order valence-corrected chi connectivity index (χ0v) is 13.9. The summed E-state index contributed by atoms with van der Waals surface area (Å²) in [4.78, 5) is 11.7. The normalized spacial score (nSPS) is 17.0. The fourth-order valence-corrected chi connectivity index (χ4v) is 2.88. The number of aromatic nitrogens is 2. The van der Waals surface area contributed by atoms with E-state index in [4.69, 9.17) is 0 Å². The van der Waals surface area contributed by atoms with E-state index in [9.17, 15) is 0 Å². The molecule has 5 nitrogen and oxygen atoms in total. The van der Waals surface area contributed by atoms with Crippen LogP contribution in [0.5, 0.6) is 0 Å². The van der Waals surface area contributed by atoms with Gasteiger partial charge in [-0.25, -0.2) is 9.97 Å². The molecule has 118 valence electrons. The highest BCUT2D eigenvalue weighted by Gasteiger charge is 2.15. The van der Waals surface area contributed by atoms with Gasteiger partial charge in [0.2, 0.25) is 0 Å². The third kappa shape index (κ3) is 4.30. The molecule has 1 aromatic rings. The smallest absolute Gasteiger partial charge is 0.134 e. The molecule has 21 heavy (non-hydrogen) atoms. The molecular formula is C16H29N5. The maximum Gasteiger partial charge on any atom is 0.134 e. The molecule has 2 rings (SSSR count). The fourth-order valence-electron chi connectivity index (χ4n) is 2.88.